The molecule has 0 spiro atoms. The van der Waals surface area contributed by atoms with E-state index in [2.05, 4.69) is 27.7 Å². The van der Waals surface area contributed by atoms with E-state index in [4.69, 9.17) is 11.2 Å². The summed E-state index contributed by atoms with van der Waals surface area (Å²) in [6.45, 7) is 10.4. The predicted molar refractivity (Wildman–Crippen MR) is 97.3 cm³/mol. The van der Waals surface area contributed by atoms with Crippen LogP contribution in [0.5, 0.6) is 0 Å². The molecule has 1 aliphatic rings. The summed E-state index contributed by atoms with van der Waals surface area (Å²) in [5.41, 5.74) is 1.41. The zero-order valence-electron chi connectivity index (χ0n) is 16.3. The van der Waals surface area contributed by atoms with Gasteiger partial charge in [-0.05, 0) is 55.8 Å². The first-order valence-corrected chi connectivity index (χ1v) is 9.26. The molecule has 1 atom stereocenters. The normalized spacial score (nSPS) is 18.8. The number of hydrogen-bond donors (Lipinski definition) is 0. The first-order chi connectivity index (χ1) is 11.5. The standard InChI is InChI=1S/C21H32F2O2/c1-7-21(22,23)13-16(10-9-15(3)4)17-11-12-20(5,6)14-18(17)19(24)25-8-2/h1,15-16H,8-14H2,2-6H3. The molecule has 2 nitrogen and oxygen atoms in total. The Morgan fingerprint density at radius 1 is 1.36 bits per heavy atom. The Hall–Kier alpha value is -1.37. The lowest BCUT2D eigenvalue weighted by Gasteiger charge is -2.36. The molecule has 0 bridgehead atoms. The van der Waals surface area contributed by atoms with Crippen molar-refractivity contribution in [3.05, 3.63) is 11.1 Å². The highest BCUT2D eigenvalue weighted by molar-refractivity contribution is 5.89. The summed E-state index contributed by atoms with van der Waals surface area (Å²) in [6, 6.07) is 0. The Bertz CT molecular complexity index is 539. The van der Waals surface area contributed by atoms with E-state index in [1.807, 2.05) is 0 Å². The van der Waals surface area contributed by atoms with Crippen LogP contribution in [-0.4, -0.2) is 18.5 Å². The van der Waals surface area contributed by atoms with Gasteiger partial charge in [0.2, 0.25) is 0 Å². The van der Waals surface area contributed by atoms with Gasteiger partial charge in [-0.15, -0.1) is 6.42 Å². The van der Waals surface area contributed by atoms with Crippen molar-refractivity contribution in [3.63, 3.8) is 0 Å². The number of alkyl halides is 2. The molecule has 142 valence electrons. The van der Waals surface area contributed by atoms with E-state index in [1.54, 1.807) is 12.8 Å². The van der Waals surface area contributed by atoms with Gasteiger partial charge in [-0.2, -0.15) is 8.78 Å². The highest BCUT2D eigenvalue weighted by Gasteiger charge is 2.38. The third kappa shape index (κ3) is 6.80. The zero-order valence-corrected chi connectivity index (χ0v) is 16.3. The summed E-state index contributed by atoms with van der Waals surface area (Å²) in [5.74, 6) is -1.86. The van der Waals surface area contributed by atoms with Crippen LogP contribution >= 0.6 is 0 Å². The lowest BCUT2D eigenvalue weighted by molar-refractivity contribution is -0.139. The molecule has 0 aromatic rings. The van der Waals surface area contributed by atoms with Crippen molar-refractivity contribution in [1.82, 2.24) is 0 Å². The van der Waals surface area contributed by atoms with Crippen LogP contribution in [0.15, 0.2) is 11.1 Å². The number of halogens is 2. The van der Waals surface area contributed by atoms with Crippen molar-refractivity contribution < 1.29 is 18.3 Å². The Morgan fingerprint density at radius 3 is 2.52 bits per heavy atom. The van der Waals surface area contributed by atoms with Crippen LogP contribution < -0.4 is 0 Å². The average Bonchev–Trinajstić information content (AvgIpc) is 2.51. The number of allylic oxidation sites excluding steroid dienone is 1. The van der Waals surface area contributed by atoms with E-state index in [9.17, 15) is 13.6 Å². The Morgan fingerprint density at radius 2 is 2.00 bits per heavy atom. The van der Waals surface area contributed by atoms with Gasteiger partial charge >= 0.3 is 11.9 Å². The fraction of sp³-hybridized carbons (Fsp3) is 0.762. The number of carbonyl (C=O) groups excluding carboxylic acids is 1. The molecule has 0 aliphatic heterocycles. The molecule has 0 fully saturated rings. The summed E-state index contributed by atoms with van der Waals surface area (Å²) in [5, 5.41) is 0. The van der Waals surface area contributed by atoms with Gasteiger partial charge in [-0.1, -0.05) is 39.7 Å². The number of carbonyl (C=O) groups is 1. The van der Waals surface area contributed by atoms with Gasteiger partial charge in [0.15, 0.2) is 0 Å². The number of terminal acetylenes is 1. The van der Waals surface area contributed by atoms with Crippen molar-refractivity contribution in [2.45, 2.75) is 79.1 Å². The summed E-state index contributed by atoms with van der Waals surface area (Å²) < 4.78 is 33.1. The van der Waals surface area contributed by atoms with Gasteiger partial charge in [-0.3, -0.25) is 0 Å². The molecule has 0 saturated carbocycles. The largest absolute Gasteiger partial charge is 0.463 e. The van der Waals surface area contributed by atoms with Crippen LogP contribution in [0, 0.1) is 29.6 Å². The molecule has 0 aromatic carbocycles. The zero-order chi connectivity index (χ0) is 19.3. The summed E-state index contributed by atoms with van der Waals surface area (Å²) >= 11 is 0. The summed E-state index contributed by atoms with van der Waals surface area (Å²) in [4.78, 5) is 12.5. The van der Waals surface area contributed by atoms with Gasteiger partial charge < -0.3 is 4.74 Å². The van der Waals surface area contributed by atoms with Gasteiger partial charge in [0.05, 0.1) is 6.61 Å². The highest BCUT2D eigenvalue weighted by Crippen LogP contribution is 2.44. The third-order valence-electron chi connectivity index (χ3n) is 4.94. The van der Waals surface area contributed by atoms with Crippen LogP contribution in [0.2, 0.25) is 0 Å². The average molecular weight is 354 g/mol. The molecule has 1 unspecified atom stereocenters. The van der Waals surface area contributed by atoms with Crippen molar-refractivity contribution in [2.24, 2.45) is 17.3 Å². The maximum atomic E-state index is 13.9. The smallest absolute Gasteiger partial charge is 0.333 e. The Balaban J connectivity index is 3.23. The lowest BCUT2D eigenvalue weighted by atomic mass is 9.70. The number of hydrogen-bond acceptors (Lipinski definition) is 2. The fourth-order valence-electron chi connectivity index (χ4n) is 3.48. The van der Waals surface area contributed by atoms with E-state index in [0.29, 0.717) is 30.8 Å². The molecule has 0 saturated heterocycles. The molecule has 1 rings (SSSR count). The lowest BCUT2D eigenvalue weighted by Crippen LogP contribution is -2.29. The molecule has 0 radical (unpaired) electrons. The van der Waals surface area contributed by atoms with E-state index in [0.717, 1.165) is 18.4 Å². The number of rotatable bonds is 8. The van der Waals surface area contributed by atoms with Crippen LogP contribution in [0.4, 0.5) is 8.78 Å². The van der Waals surface area contributed by atoms with Gasteiger partial charge in [0.1, 0.15) is 0 Å². The first-order valence-electron chi connectivity index (χ1n) is 9.26. The monoisotopic (exact) mass is 354 g/mol. The van der Waals surface area contributed by atoms with Crippen LogP contribution in [0.25, 0.3) is 0 Å². The second-order valence-electron chi connectivity index (χ2n) is 8.29. The van der Waals surface area contributed by atoms with Crippen molar-refractivity contribution >= 4 is 5.97 Å². The van der Waals surface area contributed by atoms with E-state index in [-0.39, 0.29) is 23.9 Å². The topological polar surface area (TPSA) is 26.3 Å². The second kappa shape index (κ2) is 8.83. The quantitative estimate of drug-likeness (QED) is 0.409. The van der Waals surface area contributed by atoms with Crippen LogP contribution in [0.3, 0.4) is 0 Å². The maximum Gasteiger partial charge on any atom is 0.333 e. The van der Waals surface area contributed by atoms with Crippen molar-refractivity contribution in [1.29, 1.82) is 0 Å². The molecule has 4 heteroatoms. The molecule has 0 heterocycles. The first kappa shape index (κ1) is 21.7. The highest BCUT2D eigenvalue weighted by atomic mass is 19.3. The summed E-state index contributed by atoms with van der Waals surface area (Å²) in [6.07, 6.45) is 8.18. The van der Waals surface area contributed by atoms with E-state index >= 15 is 0 Å². The van der Waals surface area contributed by atoms with Crippen LogP contribution in [0.1, 0.15) is 73.1 Å². The molecule has 0 amide bonds. The molecular formula is C21H32F2O2. The van der Waals surface area contributed by atoms with Gasteiger partial charge in [0, 0.05) is 12.0 Å². The van der Waals surface area contributed by atoms with Gasteiger partial charge in [-0.25, -0.2) is 4.79 Å². The van der Waals surface area contributed by atoms with E-state index in [1.165, 1.54) is 0 Å². The molecule has 0 N–H and O–H groups in total. The maximum absolute atomic E-state index is 13.9. The Labute approximate surface area is 151 Å². The Kier molecular flexibility index (Phi) is 7.65. The molecule has 1 aliphatic carbocycles. The number of esters is 1. The minimum Gasteiger partial charge on any atom is -0.463 e. The number of ether oxygens (including phenoxy) is 1. The molecular weight excluding hydrogens is 322 g/mol. The fourth-order valence-corrected chi connectivity index (χ4v) is 3.48. The van der Waals surface area contributed by atoms with Crippen molar-refractivity contribution in [3.8, 4) is 12.3 Å². The van der Waals surface area contributed by atoms with Gasteiger partial charge in [0.25, 0.3) is 0 Å². The van der Waals surface area contributed by atoms with Crippen molar-refractivity contribution in [2.75, 3.05) is 6.61 Å². The van der Waals surface area contributed by atoms with E-state index < -0.39 is 12.3 Å². The second-order valence-corrected chi connectivity index (χ2v) is 8.29. The minimum absolute atomic E-state index is 0.0250. The SMILES string of the molecule is C#CC(F)(F)CC(CCC(C)C)C1=C(C(=O)OCC)CC(C)(C)CC1. The van der Waals surface area contributed by atoms with Crippen LogP contribution in [-0.2, 0) is 9.53 Å². The minimum atomic E-state index is -3.15. The molecule has 0 aromatic heterocycles. The third-order valence-corrected chi connectivity index (χ3v) is 4.94. The summed E-state index contributed by atoms with van der Waals surface area (Å²) in [7, 11) is 0. The predicted octanol–water partition coefficient (Wildman–Crippen LogP) is 5.77. The molecule has 25 heavy (non-hydrogen) atoms.